The lowest BCUT2D eigenvalue weighted by molar-refractivity contribution is 0.0600. The van der Waals surface area contributed by atoms with E-state index in [1.165, 1.54) is 7.11 Å². The Bertz CT molecular complexity index is 1110. The summed E-state index contributed by atoms with van der Waals surface area (Å²) in [6, 6.07) is 19.0. The Hall–Kier alpha value is -3.80. The number of para-hydroxylation sites is 1. The van der Waals surface area contributed by atoms with Crippen LogP contribution in [0.15, 0.2) is 73.1 Å². The largest absolute Gasteiger partial charge is 0.465 e. The molecule has 0 saturated carbocycles. The molecule has 0 spiro atoms. The minimum Gasteiger partial charge on any atom is -0.465 e. The zero-order valence-corrected chi connectivity index (χ0v) is 15.3. The number of anilines is 1. The molecule has 0 unspecified atom stereocenters. The van der Waals surface area contributed by atoms with Crippen molar-refractivity contribution in [2.24, 2.45) is 0 Å². The lowest BCUT2D eigenvalue weighted by Crippen LogP contribution is -2.05. The molecule has 2 heterocycles. The third-order valence-electron chi connectivity index (χ3n) is 4.36. The van der Waals surface area contributed by atoms with Gasteiger partial charge >= 0.3 is 5.97 Å². The van der Waals surface area contributed by atoms with Crippen LogP contribution in [0.3, 0.4) is 0 Å². The van der Waals surface area contributed by atoms with Crippen molar-refractivity contribution in [2.45, 2.75) is 6.54 Å². The number of carbonyl (C=O) groups excluding carboxylic acids is 1. The third kappa shape index (κ3) is 3.66. The molecule has 0 bridgehead atoms. The van der Waals surface area contributed by atoms with Crippen molar-refractivity contribution < 1.29 is 9.53 Å². The summed E-state index contributed by atoms with van der Waals surface area (Å²) in [5.41, 5.74) is 3.27. The molecule has 0 amide bonds. The average molecular weight is 370 g/mol. The number of pyridine rings is 1. The van der Waals surface area contributed by atoms with Crippen LogP contribution in [0.1, 0.15) is 15.9 Å². The number of methoxy groups -OCH3 is 1. The van der Waals surface area contributed by atoms with E-state index >= 15 is 0 Å². The monoisotopic (exact) mass is 370 g/mol. The number of carbonyl (C=O) groups is 1. The van der Waals surface area contributed by atoms with E-state index in [-0.39, 0.29) is 5.97 Å². The van der Waals surface area contributed by atoms with Crippen LogP contribution in [0, 0.1) is 0 Å². The minimum atomic E-state index is -0.345. The quantitative estimate of drug-likeness (QED) is 0.533. The van der Waals surface area contributed by atoms with Crippen LogP contribution >= 0.6 is 0 Å². The first kappa shape index (κ1) is 17.6. The summed E-state index contributed by atoms with van der Waals surface area (Å²) in [5, 5.41) is 4.33. The van der Waals surface area contributed by atoms with Crippen LogP contribution in [-0.2, 0) is 11.3 Å². The number of fused-ring (bicyclic) bond motifs is 1. The van der Waals surface area contributed by atoms with Crippen LogP contribution < -0.4 is 5.32 Å². The van der Waals surface area contributed by atoms with Crippen molar-refractivity contribution in [1.82, 2.24) is 15.0 Å². The number of ether oxygens (including phenoxy) is 1. The van der Waals surface area contributed by atoms with Crippen LogP contribution in [0.2, 0.25) is 0 Å². The van der Waals surface area contributed by atoms with E-state index in [2.05, 4.69) is 15.3 Å². The Morgan fingerprint density at radius 2 is 1.82 bits per heavy atom. The van der Waals surface area contributed by atoms with E-state index in [1.54, 1.807) is 24.5 Å². The molecule has 0 aliphatic heterocycles. The van der Waals surface area contributed by atoms with Gasteiger partial charge in [0.05, 0.1) is 18.2 Å². The van der Waals surface area contributed by atoms with Crippen molar-refractivity contribution in [3.05, 3.63) is 84.2 Å². The number of nitrogens with zero attached hydrogens (tertiary/aromatic N) is 3. The van der Waals surface area contributed by atoms with Crippen molar-refractivity contribution in [3.8, 4) is 11.4 Å². The number of rotatable bonds is 5. The SMILES string of the molecule is COC(=O)c1ccc(CNc2nc(-c3cccnc3)nc3ccccc23)cc1. The number of nitrogens with one attached hydrogen (secondary N) is 1. The number of hydrogen-bond acceptors (Lipinski definition) is 6. The molecule has 138 valence electrons. The van der Waals surface area contributed by atoms with E-state index < -0.39 is 0 Å². The first-order valence-corrected chi connectivity index (χ1v) is 8.83. The summed E-state index contributed by atoms with van der Waals surface area (Å²) in [6.07, 6.45) is 3.47. The first-order chi connectivity index (χ1) is 13.7. The normalized spacial score (nSPS) is 10.6. The highest BCUT2D eigenvalue weighted by molar-refractivity contribution is 5.91. The molecule has 1 N–H and O–H groups in total. The molecule has 2 aromatic carbocycles. The van der Waals surface area contributed by atoms with Gasteiger partial charge < -0.3 is 10.1 Å². The highest BCUT2D eigenvalue weighted by Gasteiger charge is 2.10. The summed E-state index contributed by atoms with van der Waals surface area (Å²) < 4.78 is 4.73. The zero-order chi connectivity index (χ0) is 19.3. The second-order valence-electron chi connectivity index (χ2n) is 6.20. The van der Waals surface area contributed by atoms with Crippen LogP contribution in [0.4, 0.5) is 5.82 Å². The van der Waals surface area contributed by atoms with Crippen molar-refractivity contribution >= 4 is 22.7 Å². The molecular formula is C22H18N4O2. The van der Waals surface area contributed by atoms with Crippen LogP contribution in [0.25, 0.3) is 22.3 Å². The number of benzene rings is 2. The van der Waals surface area contributed by atoms with Crippen LogP contribution in [0.5, 0.6) is 0 Å². The molecular weight excluding hydrogens is 352 g/mol. The molecule has 2 aromatic heterocycles. The van der Waals surface area contributed by atoms with Crippen molar-refractivity contribution in [3.63, 3.8) is 0 Å². The summed E-state index contributed by atoms with van der Waals surface area (Å²) in [5.74, 6) is 1.03. The maximum atomic E-state index is 11.6. The Morgan fingerprint density at radius 3 is 2.57 bits per heavy atom. The van der Waals surface area contributed by atoms with Gasteiger partial charge in [0.15, 0.2) is 5.82 Å². The maximum absolute atomic E-state index is 11.6. The first-order valence-electron chi connectivity index (χ1n) is 8.83. The molecule has 4 aromatic rings. The van der Waals surface area contributed by atoms with Gasteiger partial charge in [-0.25, -0.2) is 14.8 Å². The highest BCUT2D eigenvalue weighted by Crippen LogP contribution is 2.25. The second kappa shape index (κ2) is 7.84. The van der Waals surface area contributed by atoms with Gasteiger partial charge in [-0.2, -0.15) is 0 Å². The molecule has 6 nitrogen and oxygen atoms in total. The van der Waals surface area contributed by atoms with Gasteiger partial charge in [-0.15, -0.1) is 0 Å². The molecule has 0 aliphatic carbocycles. The summed E-state index contributed by atoms with van der Waals surface area (Å²) in [7, 11) is 1.37. The molecule has 4 rings (SSSR count). The van der Waals surface area contributed by atoms with Gasteiger partial charge in [0.2, 0.25) is 0 Å². The Balaban J connectivity index is 1.63. The fourth-order valence-corrected chi connectivity index (χ4v) is 2.90. The molecule has 0 aliphatic rings. The summed E-state index contributed by atoms with van der Waals surface area (Å²) in [4.78, 5) is 25.1. The van der Waals surface area contributed by atoms with Gasteiger partial charge in [-0.05, 0) is 42.0 Å². The smallest absolute Gasteiger partial charge is 0.337 e. The lowest BCUT2D eigenvalue weighted by atomic mass is 10.1. The Morgan fingerprint density at radius 1 is 1.00 bits per heavy atom. The molecule has 6 heteroatoms. The second-order valence-corrected chi connectivity index (χ2v) is 6.20. The average Bonchev–Trinajstić information content (AvgIpc) is 2.77. The number of aromatic nitrogens is 3. The van der Waals surface area contributed by atoms with Gasteiger partial charge in [0.1, 0.15) is 5.82 Å². The topological polar surface area (TPSA) is 77.0 Å². The van der Waals surface area contributed by atoms with Gasteiger partial charge in [-0.3, -0.25) is 4.98 Å². The molecule has 0 fully saturated rings. The number of hydrogen-bond donors (Lipinski definition) is 1. The fraction of sp³-hybridized carbons (Fsp3) is 0.0909. The van der Waals surface area contributed by atoms with Crippen LogP contribution in [-0.4, -0.2) is 28.0 Å². The molecule has 28 heavy (non-hydrogen) atoms. The number of esters is 1. The van der Waals surface area contributed by atoms with Crippen molar-refractivity contribution in [2.75, 3.05) is 12.4 Å². The van der Waals surface area contributed by atoms with Crippen molar-refractivity contribution in [1.29, 1.82) is 0 Å². The molecule has 0 saturated heterocycles. The summed E-state index contributed by atoms with van der Waals surface area (Å²) in [6.45, 7) is 0.564. The predicted octanol–water partition coefficient (Wildman–Crippen LogP) is 4.09. The predicted molar refractivity (Wildman–Crippen MR) is 108 cm³/mol. The van der Waals surface area contributed by atoms with E-state index in [0.29, 0.717) is 17.9 Å². The molecule has 0 atom stereocenters. The fourth-order valence-electron chi connectivity index (χ4n) is 2.90. The standard InChI is InChI=1S/C22H18N4O2/c1-28-22(27)16-10-8-15(9-11-16)13-24-21-18-6-2-3-7-19(18)25-20(26-21)17-5-4-12-23-14-17/h2-12,14H,13H2,1H3,(H,24,25,26). The maximum Gasteiger partial charge on any atom is 0.337 e. The zero-order valence-electron chi connectivity index (χ0n) is 15.3. The summed E-state index contributed by atoms with van der Waals surface area (Å²) >= 11 is 0. The van der Waals surface area contributed by atoms with E-state index in [1.807, 2.05) is 48.5 Å². The third-order valence-corrected chi connectivity index (χ3v) is 4.36. The Kier molecular flexibility index (Phi) is 4.93. The lowest BCUT2D eigenvalue weighted by Gasteiger charge is -2.11. The van der Waals surface area contributed by atoms with E-state index in [0.717, 1.165) is 27.8 Å². The van der Waals surface area contributed by atoms with E-state index in [4.69, 9.17) is 9.72 Å². The van der Waals surface area contributed by atoms with E-state index in [9.17, 15) is 4.79 Å². The highest BCUT2D eigenvalue weighted by atomic mass is 16.5. The molecule has 0 radical (unpaired) electrons. The Labute approximate surface area is 162 Å². The van der Waals surface area contributed by atoms with Gasteiger partial charge in [0.25, 0.3) is 0 Å². The minimum absolute atomic E-state index is 0.345. The van der Waals surface area contributed by atoms with Gasteiger partial charge in [0, 0.05) is 29.9 Å². The van der Waals surface area contributed by atoms with Gasteiger partial charge in [-0.1, -0.05) is 24.3 Å².